The van der Waals surface area contributed by atoms with Crippen molar-refractivity contribution in [2.45, 2.75) is 12.2 Å². The van der Waals surface area contributed by atoms with Crippen LogP contribution in [0.15, 0.2) is 24.5 Å². The quantitative estimate of drug-likeness (QED) is 0.818. The van der Waals surface area contributed by atoms with Crippen LogP contribution in [-0.4, -0.2) is 23.8 Å². The normalized spacial score (nSPS) is 21.3. The van der Waals surface area contributed by atoms with E-state index in [0.717, 1.165) is 11.7 Å². The van der Waals surface area contributed by atoms with Crippen LogP contribution < -0.4 is 5.32 Å². The molecule has 14 heavy (non-hydrogen) atoms. The molecule has 1 saturated heterocycles. The first-order chi connectivity index (χ1) is 6.95. The molecule has 0 radical (unpaired) electrons. The van der Waals surface area contributed by atoms with Crippen LogP contribution in [0.3, 0.4) is 0 Å². The third-order valence-electron chi connectivity index (χ3n) is 2.51. The summed E-state index contributed by atoms with van der Waals surface area (Å²) in [6.45, 7) is 2.41. The zero-order valence-corrected chi connectivity index (χ0v) is 9.09. The molecule has 1 aromatic rings. The number of aromatic nitrogens is 1. The first-order valence-corrected chi connectivity index (χ1v) is 6.28. The molecule has 1 aromatic heterocycles. The topological polar surface area (TPSA) is 24.9 Å². The van der Waals surface area contributed by atoms with Gasteiger partial charge in [-0.25, -0.2) is 0 Å². The van der Waals surface area contributed by atoms with E-state index in [-0.39, 0.29) is 0 Å². The van der Waals surface area contributed by atoms with Gasteiger partial charge in [-0.2, -0.15) is 11.8 Å². The Labute approximate surface area is 89.5 Å². The smallest absolute Gasteiger partial charge is 0.0308 e. The summed E-state index contributed by atoms with van der Waals surface area (Å²) < 4.78 is 0. The molecule has 1 atom stereocenters. The molecule has 0 spiro atoms. The average Bonchev–Trinajstić information content (AvgIpc) is 2.72. The van der Waals surface area contributed by atoms with Gasteiger partial charge in [-0.3, -0.25) is 4.98 Å². The van der Waals surface area contributed by atoms with Gasteiger partial charge in [-0.15, -0.1) is 0 Å². The van der Waals surface area contributed by atoms with E-state index in [1.807, 2.05) is 30.2 Å². The zero-order chi connectivity index (χ0) is 9.64. The molecule has 2 heterocycles. The predicted molar refractivity (Wildman–Crippen MR) is 61.4 cm³/mol. The van der Waals surface area contributed by atoms with E-state index in [2.05, 4.69) is 16.4 Å². The van der Waals surface area contributed by atoms with Crippen molar-refractivity contribution in [3.05, 3.63) is 30.1 Å². The molecule has 2 nitrogen and oxygen atoms in total. The highest BCUT2D eigenvalue weighted by Gasteiger charge is 2.13. The molecule has 1 fully saturated rings. The first-order valence-electron chi connectivity index (χ1n) is 5.12. The zero-order valence-electron chi connectivity index (χ0n) is 8.28. The number of hydrogen-bond donors (Lipinski definition) is 1. The van der Waals surface area contributed by atoms with E-state index in [4.69, 9.17) is 0 Å². The SMILES string of the molecule is c1cncc(CSCC2CCNC2)c1. The summed E-state index contributed by atoms with van der Waals surface area (Å²) in [6, 6.07) is 4.15. The lowest BCUT2D eigenvalue weighted by molar-refractivity contribution is 0.662. The lowest BCUT2D eigenvalue weighted by Crippen LogP contribution is -2.10. The van der Waals surface area contributed by atoms with Crippen molar-refractivity contribution in [2.24, 2.45) is 5.92 Å². The highest BCUT2D eigenvalue weighted by atomic mass is 32.2. The molecular weight excluding hydrogens is 192 g/mol. The third-order valence-corrected chi connectivity index (χ3v) is 3.75. The maximum Gasteiger partial charge on any atom is 0.0308 e. The molecule has 0 aliphatic carbocycles. The number of hydrogen-bond acceptors (Lipinski definition) is 3. The van der Waals surface area contributed by atoms with Crippen molar-refractivity contribution in [3.63, 3.8) is 0 Å². The van der Waals surface area contributed by atoms with Gasteiger partial charge in [-0.1, -0.05) is 6.07 Å². The molecule has 0 bridgehead atoms. The van der Waals surface area contributed by atoms with Gasteiger partial charge in [0.05, 0.1) is 0 Å². The Kier molecular flexibility index (Phi) is 3.83. The van der Waals surface area contributed by atoms with Gasteiger partial charge >= 0.3 is 0 Å². The van der Waals surface area contributed by atoms with Crippen LogP contribution in [0.25, 0.3) is 0 Å². The van der Waals surface area contributed by atoms with Gasteiger partial charge < -0.3 is 5.32 Å². The fourth-order valence-corrected chi connectivity index (χ4v) is 2.83. The van der Waals surface area contributed by atoms with E-state index in [1.165, 1.54) is 30.8 Å². The lowest BCUT2D eigenvalue weighted by atomic mass is 10.2. The number of thioether (sulfide) groups is 1. The fraction of sp³-hybridized carbons (Fsp3) is 0.545. The van der Waals surface area contributed by atoms with Crippen molar-refractivity contribution < 1.29 is 0 Å². The van der Waals surface area contributed by atoms with Gasteiger partial charge in [0, 0.05) is 18.1 Å². The maximum atomic E-state index is 4.11. The summed E-state index contributed by atoms with van der Waals surface area (Å²) in [5.74, 6) is 3.27. The monoisotopic (exact) mass is 208 g/mol. The van der Waals surface area contributed by atoms with Crippen LogP contribution in [0.2, 0.25) is 0 Å². The van der Waals surface area contributed by atoms with Crippen LogP contribution in [0.1, 0.15) is 12.0 Å². The van der Waals surface area contributed by atoms with Crippen molar-refractivity contribution in [1.29, 1.82) is 0 Å². The Hall–Kier alpha value is -0.540. The van der Waals surface area contributed by atoms with Gasteiger partial charge in [0.25, 0.3) is 0 Å². The average molecular weight is 208 g/mol. The van der Waals surface area contributed by atoms with Crippen LogP contribution >= 0.6 is 11.8 Å². The molecule has 1 aliphatic rings. The van der Waals surface area contributed by atoms with E-state index in [1.54, 1.807) is 0 Å². The van der Waals surface area contributed by atoms with E-state index < -0.39 is 0 Å². The van der Waals surface area contributed by atoms with Crippen LogP contribution in [-0.2, 0) is 5.75 Å². The molecule has 0 amide bonds. The Morgan fingerprint density at radius 3 is 3.29 bits per heavy atom. The Bertz CT molecular complexity index is 257. The second-order valence-corrected chi connectivity index (χ2v) is 4.77. The van der Waals surface area contributed by atoms with Crippen molar-refractivity contribution in [1.82, 2.24) is 10.3 Å². The van der Waals surface area contributed by atoms with E-state index in [0.29, 0.717) is 0 Å². The second-order valence-electron chi connectivity index (χ2n) is 3.74. The highest BCUT2D eigenvalue weighted by molar-refractivity contribution is 7.98. The summed E-state index contributed by atoms with van der Waals surface area (Å²) in [5.41, 5.74) is 1.34. The highest BCUT2D eigenvalue weighted by Crippen LogP contribution is 2.18. The molecular formula is C11H16N2S. The summed E-state index contributed by atoms with van der Waals surface area (Å²) in [5, 5.41) is 3.40. The molecule has 76 valence electrons. The van der Waals surface area contributed by atoms with Crippen LogP contribution in [0.4, 0.5) is 0 Å². The fourth-order valence-electron chi connectivity index (χ4n) is 1.68. The Morgan fingerprint density at radius 1 is 1.57 bits per heavy atom. The minimum atomic E-state index is 0.886. The predicted octanol–water partition coefficient (Wildman–Crippen LogP) is 1.92. The minimum absolute atomic E-state index is 0.886. The molecule has 2 rings (SSSR count). The van der Waals surface area contributed by atoms with Crippen molar-refractivity contribution >= 4 is 11.8 Å². The van der Waals surface area contributed by atoms with Crippen molar-refractivity contribution in [3.8, 4) is 0 Å². The molecule has 0 saturated carbocycles. The van der Waals surface area contributed by atoms with Gasteiger partial charge in [-0.05, 0) is 42.8 Å². The van der Waals surface area contributed by atoms with Gasteiger partial charge in [0.1, 0.15) is 0 Å². The molecule has 3 heteroatoms. The largest absolute Gasteiger partial charge is 0.316 e. The summed E-state index contributed by atoms with van der Waals surface area (Å²) in [6.07, 6.45) is 5.13. The lowest BCUT2D eigenvalue weighted by Gasteiger charge is -2.06. The van der Waals surface area contributed by atoms with Crippen LogP contribution in [0, 0.1) is 5.92 Å². The van der Waals surface area contributed by atoms with Gasteiger partial charge in [0.2, 0.25) is 0 Å². The van der Waals surface area contributed by atoms with Crippen LogP contribution in [0.5, 0.6) is 0 Å². The second kappa shape index (κ2) is 5.37. The summed E-state index contributed by atoms with van der Waals surface area (Å²) >= 11 is 2.02. The molecule has 0 aromatic carbocycles. The Balaban J connectivity index is 1.67. The number of nitrogens with one attached hydrogen (secondary N) is 1. The number of rotatable bonds is 4. The number of pyridine rings is 1. The van der Waals surface area contributed by atoms with Crippen molar-refractivity contribution in [2.75, 3.05) is 18.8 Å². The summed E-state index contributed by atoms with van der Waals surface area (Å²) in [4.78, 5) is 4.11. The number of nitrogens with zero attached hydrogens (tertiary/aromatic N) is 1. The molecule has 1 aliphatic heterocycles. The summed E-state index contributed by atoms with van der Waals surface area (Å²) in [7, 11) is 0. The third kappa shape index (κ3) is 3.00. The van der Waals surface area contributed by atoms with Gasteiger partial charge in [0.15, 0.2) is 0 Å². The van der Waals surface area contributed by atoms with E-state index in [9.17, 15) is 0 Å². The minimum Gasteiger partial charge on any atom is -0.316 e. The Morgan fingerprint density at radius 2 is 2.57 bits per heavy atom. The molecule has 1 N–H and O–H groups in total. The molecule has 1 unspecified atom stereocenters. The van der Waals surface area contributed by atoms with E-state index >= 15 is 0 Å². The first kappa shape index (κ1) is 9.99. The maximum absolute atomic E-state index is 4.11. The standard InChI is InChI=1S/C11H16N2S/c1-2-10(6-12-4-1)8-14-9-11-3-5-13-7-11/h1-2,4,6,11,13H,3,5,7-9H2.